The van der Waals surface area contributed by atoms with E-state index in [-0.39, 0.29) is 5.54 Å². The second kappa shape index (κ2) is 9.37. The van der Waals surface area contributed by atoms with Gasteiger partial charge < -0.3 is 19.9 Å². The molecule has 5 nitrogen and oxygen atoms in total. The van der Waals surface area contributed by atoms with Crippen molar-refractivity contribution in [2.75, 3.05) is 50.6 Å². The fourth-order valence-electron chi connectivity index (χ4n) is 4.52. The zero-order valence-electron chi connectivity index (χ0n) is 18.4. The van der Waals surface area contributed by atoms with Crippen molar-refractivity contribution in [3.8, 4) is 0 Å². The molecule has 1 saturated heterocycles. The lowest BCUT2D eigenvalue weighted by atomic mass is 9.83. The Morgan fingerprint density at radius 2 is 1.87 bits per heavy atom. The molecule has 0 atom stereocenters. The number of ether oxygens (including phenoxy) is 1. The number of benzene rings is 2. The molecule has 0 bridgehead atoms. The van der Waals surface area contributed by atoms with E-state index in [0.717, 1.165) is 43.1 Å². The zero-order chi connectivity index (χ0) is 22.0. The Balaban J connectivity index is 1.80. The van der Waals surface area contributed by atoms with Crippen LogP contribution in [0.15, 0.2) is 41.4 Å². The normalized spacial score (nSPS) is 19.5. The number of anilines is 2. The topological polar surface area (TPSA) is 40.1 Å². The van der Waals surface area contributed by atoms with Crippen LogP contribution in [0.5, 0.6) is 0 Å². The van der Waals surface area contributed by atoms with Crippen LogP contribution in [0, 0.1) is 6.92 Å². The van der Waals surface area contributed by atoms with Crippen LogP contribution in [0.25, 0.3) is 0 Å². The van der Waals surface area contributed by atoms with Gasteiger partial charge in [0.25, 0.3) is 0 Å². The molecule has 31 heavy (non-hydrogen) atoms. The Bertz CT molecular complexity index is 970. The van der Waals surface area contributed by atoms with Crippen molar-refractivity contribution < 1.29 is 4.74 Å². The molecule has 4 rings (SSSR count). The summed E-state index contributed by atoms with van der Waals surface area (Å²) in [5, 5.41) is 4.92. The minimum absolute atomic E-state index is 0.242. The highest BCUT2D eigenvalue weighted by atomic mass is 35.5. The number of methoxy groups -OCH3 is 1. The van der Waals surface area contributed by atoms with Crippen LogP contribution in [0.1, 0.15) is 24.0 Å². The summed E-state index contributed by atoms with van der Waals surface area (Å²) in [4.78, 5) is 9.86. The van der Waals surface area contributed by atoms with E-state index in [1.54, 1.807) is 7.11 Å². The van der Waals surface area contributed by atoms with E-state index >= 15 is 0 Å². The molecule has 1 N–H and O–H groups in total. The standard InChI is InChI=1S/C24H30Cl2N4O/c1-17-5-4-6-18(13-17)16-27-23-24(7-9-29(2)10-8-24)28-21-14-19(25)20(26)15-22(21)30(23)11-12-31-3/h4-6,13-15,28H,7-12,16H2,1-3H3. The first-order valence-electron chi connectivity index (χ1n) is 10.7. The quantitative estimate of drug-likeness (QED) is 0.661. The third-order valence-corrected chi connectivity index (χ3v) is 6.96. The first-order valence-corrected chi connectivity index (χ1v) is 11.5. The van der Waals surface area contributed by atoms with Gasteiger partial charge in [0.2, 0.25) is 0 Å². The lowest BCUT2D eigenvalue weighted by Gasteiger charge is -2.50. The van der Waals surface area contributed by atoms with Gasteiger partial charge >= 0.3 is 0 Å². The molecular formula is C24H30Cl2N4O. The predicted octanol–water partition coefficient (Wildman–Crippen LogP) is 5.24. The van der Waals surface area contributed by atoms with Crippen molar-refractivity contribution in [1.82, 2.24) is 4.90 Å². The maximum Gasteiger partial charge on any atom is 0.130 e. The van der Waals surface area contributed by atoms with E-state index in [2.05, 4.69) is 53.4 Å². The second-order valence-corrected chi connectivity index (χ2v) is 9.38. The number of rotatable bonds is 5. The molecule has 0 unspecified atom stereocenters. The summed E-state index contributed by atoms with van der Waals surface area (Å²) in [6.07, 6.45) is 1.94. The van der Waals surface area contributed by atoms with Crippen LogP contribution in [0.2, 0.25) is 10.0 Å². The molecule has 1 spiro atoms. The number of aliphatic imine (C=N–C) groups is 1. The van der Waals surface area contributed by atoms with E-state index in [1.807, 2.05) is 12.1 Å². The van der Waals surface area contributed by atoms with Gasteiger partial charge in [0, 0.05) is 26.7 Å². The second-order valence-electron chi connectivity index (χ2n) is 8.57. The first-order chi connectivity index (χ1) is 14.9. The molecule has 0 aliphatic carbocycles. The van der Waals surface area contributed by atoms with Crippen molar-refractivity contribution in [3.63, 3.8) is 0 Å². The average Bonchev–Trinajstić information content (AvgIpc) is 2.75. The highest BCUT2D eigenvalue weighted by molar-refractivity contribution is 6.42. The minimum Gasteiger partial charge on any atom is -0.383 e. The zero-order valence-corrected chi connectivity index (χ0v) is 19.9. The molecule has 0 amide bonds. The molecule has 2 heterocycles. The number of nitrogens with zero attached hydrogens (tertiary/aromatic N) is 3. The van der Waals surface area contributed by atoms with Crippen LogP contribution in [0.3, 0.4) is 0 Å². The first kappa shape index (κ1) is 22.4. The van der Waals surface area contributed by atoms with Gasteiger partial charge in [-0.05, 0) is 44.5 Å². The van der Waals surface area contributed by atoms with Crippen molar-refractivity contribution >= 4 is 40.4 Å². The molecule has 166 valence electrons. The summed E-state index contributed by atoms with van der Waals surface area (Å²) < 4.78 is 5.45. The molecule has 0 aromatic heterocycles. The molecule has 0 saturated carbocycles. The Morgan fingerprint density at radius 3 is 2.58 bits per heavy atom. The number of hydrogen-bond donors (Lipinski definition) is 1. The van der Waals surface area contributed by atoms with Crippen LogP contribution in [0.4, 0.5) is 11.4 Å². The maximum absolute atomic E-state index is 6.42. The van der Waals surface area contributed by atoms with Gasteiger partial charge in [0.1, 0.15) is 5.84 Å². The van der Waals surface area contributed by atoms with Crippen molar-refractivity contribution in [3.05, 3.63) is 57.6 Å². The Hall–Kier alpha value is -1.79. The molecule has 2 aromatic rings. The van der Waals surface area contributed by atoms with Crippen LogP contribution >= 0.6 is 23.2 Å². The number of nitrogens with one attached hydrogen (secondary N) is 1. The smallest absolute Gasteiger partial charge is 0.130 e. The Labute approximate surface area is 195 Å². The van der Waals surface area contributed by atoms with Crippen LogP contribution in [-0.4, -0.2) is 56.7 Å². The highest BCUT2D eigenvalue weighted by Gasteiger charge is 2.45. The van der Waals surface area contributed by atoms with Crippen molar-refractivity contribution in [2.24, 2.45) is 4.99 Å². The molecule has 2 aliphatic rings. The van der Waals surface area contributed by atoms with Gasteiger partial charge in [0.15, 0.2) is 0 Å². The summed E-state index contributed by atoms with van der Waals surface area (Å²) in [7, 11) is 3.90. The Kier molecular flexibility index (Phi) is 6.77. The number of amidine groups is 1. The molecule has 7 heteroatoms. The lowest BCUT2D eigenvalue weighted by molar-refractivity contribution is 0.206. The molecule has 2 aliphatic heterocycles. The van der Waals surface area contributed by atoms with Gasteiger partial charge in [-0.25, -0.2) is 0 Å². The van der Waals surface area contributed by atoms with Crippen LogP contribution < -0.4 is 10.2 Å². The third-order valence-electron chi connectivity index (χ3n) is 6.24. The number of fused-ring (bicyclic) bond motifs is 1. The number of likely N-dealkylation sites (tertiary alicyclic amines) is 1. The SMILES string of the molecule is COCCN1C(=NCc2cccc(C)c2)C2(CCN(C)CC2)Nc2cc(Cl)c(Cl)cc21. The van der Waals surface area contributed by atoms with Crippen molar-refractivity contribution in [2.45, 2.75) is 31.8 Å². The van der Waals surface area contributed by atoms with Crippen LogP contribution in [-0.2, 0) is 11.3 Å². The summed E-state index contributed by atoms with van der Waals surface area (Å²) in [6.45, 7) is 6.06. The summed E-state index contributed by atoms with van der Waals surface area (Å²) in [6, 6.07) is 12.4. The monoisotopic (exact) mass is 460 g/mol. The van der Waals surface area contributed by atoms with E-state index in [1.165, 1.54) is 11.1 Å². The minimum atomic E-state index is -0.242. The van der Waals surface area contributed by atoms with Gasteiger partial charge in [-0.15, -0.1) is 0 Å². The lowest BCUT2D eigenvalue weighted by Crippen LogP contribution is -2.62. The molecule has 2 aromatic carbocycles. The van der Waals surface area contributed by atoms with E-state index in [4.69, 9.17) is 32.9 Å². The number of piperidine rings is 1. The average molecular weight is 461 g/mol. The van der Waals surface area contributed by atoms with E-state index < -0.39 is 0 Å². The Morgan fingerprint density at radius 1 is 1.13 bits per heavy atom. The van der Waals surface area contributed by atoms with Gasteiger partial charge in [-0.3, -0.25) is 4.99 Å². The van der Waals surface area contributed by atoms with Gasteiger partial charge in [-0.1, -0.05) is 53.0 Å². The number of halogens is 2. The fraction of sp³-hybridized carbons (Fsp3) is 0.458. The largest absolute Gasteiger partial charge is 0.383 e. The summed E-state index contributed by atoms with van der Waals surface area (Å²) in [5.41, 5.74) is 4.22. The maximum atomic E-state index is 6.42. The summed E-state index contributed by atoms with van der Waals surface area (Å²) >= 11 is 12.8. The fourth-order valence-corrected chi connectivity index (χ4v) is 4.84. The van der Waals surface area contributed by atoms with E-state index in [9.17, 15) is 0 Å². The van der Waals surface area contributed by atoms with E-state index in [0.29, 0.717) is 29.7 Å². The number of hydrogen-bond acceptors (Lipinski definition) is 4. The molecular weight excluding hydrogens is 431 g/mol. The van der Waals surface area contributed by atoms with Gasteiger partial charge in [0.05, 0.1) is 40.1 Å². The molecule has 1 fully saturated rings. The highest BCUT2D eigenvalue weighted by Crippen LogP contribution is 2.44. The molecule has 0 radical (unpaired) electrons. The van der Waals surface area contributed by atoms with Crippen molar-refractivity contribution in [1.29, 1.82) is 0 Å². The van der Waals surface area contributed by atoms with Gasteiger partial charge in [-0.2, -0.15) is 0 Å². The third kappa shape index (κ3) is 4.70. The number of aryl methyl sites for hydroxylation is 1. The predicted molar refractivity (Wildman–Crippen MR) is 131 cm³/mol. The summed E-state index contributed by atoms with van der Waals surface area (Å²) in [5.74, 6) is 1.06.